The number of carbonyl (C=O) groups is 1. The van der Waals surface area contributed by atoms with Crippen molar-refractivity contribution < 1.29 is 19.0 Å². The van der Waals surface area contributed by atoms with Crippen LogP contribution in [0.3, 0.4) is 0 Å². The highest BCUT2D eigenvalue weighted by Crippen LogP contribution is 2.39. The van der Waals surface area contributed by atoms with Crippen LogP contribution in [0.25, 0.3) is 16.9 Å². The van der Waals surface area contributed by atoms with Crippen LogP contribution in [-0.2, 0) is 4.74 Å². The molecule has 2 aromatic heterocycles. The minimum atomic E-state index is -0.175. The first-order valence-corrected chi connectivity index (χ1v) is 12.4. The number of amides is 1. The van der Waals surface area contributed by atoms with E-state index in [0.717, 1.165) is 48.3 Å². The van der Waals surface area contributed by atoms with E-state index in [0.29, 0.717) is 22.6 Å². The highest BCUT2D eigenvalue weighted by molar-refractivity contribution is 6.32. The molecule has 0 radical (unpaired) electrons. The number of piperidine rings is 1. The van der Waals surface area contributed by atoms with Crippen molar-refractivity contribution in [3.63, 3.8) is 0 Å². The van der Waals surface area contributed by atoms with Crippen molar-refractivity contribution in [3.05, 3.63) is 41.7 Å². The molecule has 4 heterocycles. The zero-order chi connectivity index (χ0) is 24.7. The van der Waals surface area contributed by atoms with E-state index < -0.39 is 0 Å². The number of benzene rings is 1. The first kappa shape index (κ1) is 23.6. The Morgan fingerprint density at radius 1 is 1.11 bits per heavy atom. The summed E-state index contributed by atoms with van der Waals surface area (Å²) in [4.78, 5) is 19.3. The van der Waals surface area contributed by atoms with Gasteiger partial charge in [0.05, 0.1) is 31.0 Å². The molecule has 0 saturated carbocycles. The van der Waals surface area contributed by atoms with Gasteiger partial charge in [0.25, 0.3) is 0 Å². The van der Waals surface area contributed by atoms with E-state index in [9.17, 15) is 4.79 Å². The van der Waals surface area contributed by atoms with Crippen LogP contribution in [0.4, 0.5) is 10.5 Å². The second kappa shape index (κ2) is 9.49. The number of carbonyl (C=O) groups excluding carboxylic acids is 1. The molecule has 0 spiro atoms. The molecular weight excluding hydrogens is 468 g/mol. The molecule has 186 valence electrons. The maximum Gasteiger partial charge on any atom is 0.410 e. The number of fused-ring (bicyclic) bond motifs is 3. The molecule has 0 unspecified atom stereocenters. The van der Waals surface area contributed by atoms with Gasteiger partial charge in [0.2, 0.25) is 0 Å². The third kappa shape index (κ3) is 4.59. The Hall–Kier alpha value is -3.13. The first-order chi connectivity index (χ1) is 16.9. The average molecular weight is 499 g/mol. The van der Waals surface area contributed by atoms with E-state index in [-0.39, 0.29) is 24.3 Å². The molecule has 8 nitrogen and oxygen atoms in total. The van der Waals surface area contributed by atoms with Crippen molar-refractivity contribution in [3.8, 4) is 22.8 Å². The number of anilines is 1. The lowest BCUT2D eigenvalue weighted by Crippen LogP contribution is -2.50. The number of rotatable bonds is 6. The van der Waals surface area contributed by atoms with Crippen LogP contribution in [0.1, 0.15) is 39.5 Å². The van der Waals surface area contributed by atoms with Gasteiger partial charge in [-0.25, -0.2) is 9.78 Å². The Kier molecular flexibility index (Phi) is 6.40. The van der Waals surface area contributed by atoms with Crippen molar-refractivity contribution in [1.82, 2.24) is 14.3 Å². The minimum Gasteiger partial charge on any atom is -0.496 e. The minimum absolute atomic E-state index is 0.0992. The van der Waals surface area contributed by atoms with Gasteiger partial charge in [0, 0.05) is 53.9 Å². The molecule has 1 N–H and O–H groups in total. The maximum absolute atomic E-state index is 12.6. The van der Waals surface area contributed by atoms with Gasteiger partial charge in [-0.15, -0.1) is 0 Å². The number of nitrogens with one attached hydrogen (secondary N) is 1. The summed E-state index contributed by atoms with van der Waals surface area (Å²) in [5, 5.41) is 4.18. The summed E-state index contributed by atoms with van der Waals surface area (Å²) >= 11 is 6.37. The molecule has 0 aliphatic carbocycles. The van der Waals surface area contributed by atoms with Crippen LogP contribution in [-0.4, -0.2) is 58.8 Å². The number of hydrogen-bond donors (Lipinski definition) is 1. The molecule has 35 heavy (non-hydrogen) atoms. The average Bonchev–Trinajstić information content (AvgIpc) is 3.36. The van der Waals surface area contributed by atoms with Gasteiger partial charge in [-0.05, 0) is 51.7 Å². The third-order valence-corrected chi connectivity index (χ3v) is 7.16. The van der Waals surface area contributed by atoms with Gasteiger partial charge >= 0.3 is 6.09 Å². The summed E-state index contributed by atoms with van der Waals surface area (Å²) in [6, 6.07) is 8.44. The first-order valence-electron chi connectivity index (χ1n) is 12.0. The second-order valence-corrected chi connectivity index (χ2v) is 9.94. The van der Waals surface area contributed by atoms with Crippen molar-refractivity contribution in [1.29, 1.82) is 0 Å². The van der Waals surface area contributed by atoms with Crippen LogP contribution in [0, 0.1) is 0 Å². The van der Waals surface area contributed by atoms with Crippen molar-refractivity contribution in [2.75, 3.05) is 19.5 Å². The van der Waals surface area contributed by atoms with Crippen LogP contribution < -0.4 is 14.8 Å². The van der Waals surface area contributed by atoms with E-state index in [1.54, 1.807) is 20.3 Å². The van der Waals surface area contributed by atoms with Gasteiger partial charge in [0.1, 0.15) is 17.1 Å². The second-order valence-electron chi connectivity index (χ2n) is 9.53. The molecule has 1 aromatic carbocycles. The fourth-order valence-corrected chi connectivity index (χ4v) is 5.59. The highest BCUT2D eigenvalue weighted by atomic mass is 35.5. The zero-order valence-corrected chi connectivity index (χ0v) is 21.2. The molecular formula is C26H31ClN4O4. The van der Waals surface area contributed by atoms with Crippen LogP contribution in [0.2, 0.25) is 5.02 Å². The molecule has 2 bridgehead atoms. The van der Waals surface area contributed by atoms with E-state index in [4.69, 9.17) is 30.8 Å². The Morgan fingerprint density at radius 3 is 2.49 bits per heavy atom. The van der Waals surface area contributed by atoms with Crippen LogP contribution in [0.15, 0.2) is 36.7 Å². The summed E-state index contributed by atoms with van der Waals surface area (Å²) in [5.74, 6) is 1.20. The maximum atomic E-state index is 12.6. The van der Waals surface area contributed by atoms with Gasteiger partial charge in [-0.3, -0.25) is 0 Å². The Morgan fingerprint density at radius 2 is 1.83 bits per heavy atom. The number of hydrogen-bond acceptors (Lipinski definition) is 6. The van der Waals surface area contributed by atoms with E-state index in [1.807, 2.05) is 47.7 Å². The monoisotopic (exact) mass is 498 g/mol. The molecule has 2 aliphatic heterocycles. The standard InChI is InChI=1S/C26H31ClN4O4/c1-15(2)35-26(32)31-18-5-6-19(31)10-17(9-18)28-16-7-8-30-14-22(29-25(30)11-16)20-12-21(27)24(34-4)13-23(20)33-3/h7-8,11-15,17-19,28H,5-6,9-10H2,1-4H3/t18-,19-/m0/s1. The highest BCUT2D eigenvalue weighted by Gasteiger charge is 2.44. The Labute approximate surface area is 210 Å². The zero-order valence-electron chi connectivity index (χ0n) is 20.5. The molecule has 2 saturated heterocycles. The number of imidazole rings is 1. The number of aromatic nitrogens is 2. The van der Waals surface area contributed by atoms with Gasteiger partial charge in [-0.2, -0.15) is 0 Å². The lowest BCUT2D eigenvalue weighted by Gasteiger charge is -2.39. The molecule has 5 rings (SSSR count). The Balaban J connectivity index is 1.33. The Bertz CT molecular complexity index is 1230. The number of nitrogens with zero attached hydrogens (tertiary/aromatic N) is 3. The largest absolute Gasteiger partial charge is 0.496 e. The van der Waals surface area contributed by atoms with E-state index in [1.165, 1.54) is 0 Å². The lowest BCUT2D eigenvalue weighted by atomic mass is 9.97. The van der Waals surface area contributed by atoms with Crippen molar-refractivity contribution in [2.24, 2.45) is 0 Å². The van der Waals surface area contributed by atoms with Crippen molar-refractivity contribution in [2.45, 2.75) is 63.8 Å². The number of ether oxygens (including phenoxy) is 3. The number of methoxy groups -OCH3 is 2. The number of pyridine rings is 1. The predicted molar refractivity (Wildman–Crippen MR) is 136 cm³/mol. The molecule has 3 aromatic rings. The molecule has 2 atom stereocenters. The number of halogens is 1. The molecule has 9 heteroatoms. The molecule has 2 fully saturated rings. The third-order valence-electron chi connectivity index (χ3n) is 6.86. The van der Waals surface area contributed by atoms with E-state index in [2.05, 4.69) is 11.4 Å². The van der Waals surface area contributed by atoms with E-state index >= 15 is 0 Å². The predicted octanol–water partition coefficient (Wildman–Crippen LogP) is 5.62. The van der Waals surface area contributed by atoms with Crippen LogP contribution >= 0.6 is 11.6 Å². The normalized spacial score (nSPS) is 21.4. The fraction of sp³-hybridized carbons (Fsp3) is 0.462. The summed E-state index contributed by atoms with van der Waals surface area (Å²) in [5.41, 5.74) is 3.39. The fourth-order valence-electron chi connectivity index (χ4n) is 5.35. The molecule has 2 aliphatic rings. The molecule has 1 amide bonds. The smallest absolute Gasteiger partial charge is 0.410 e. The summed E-state index contributed by atoms with van der Waals surface area (Å²) < 4.78 is 18.3. The summed E-state index contributed by atoms with van der Waals surface area (Å²) in [6.07, 6.45) is 7.57. The summed E-state index contributed by atoms with van der Waals surface area (Å²) in [7, 11) is 3.19. The van der Waals surface area contributed by atoms with Gasteiger partial charge in [0.15, 0.2) is 0 Å². The quantitative estimate of drug-likeness (QED) is 0.475. The van der Waals surface area contributed by atoms with Crippen molar-refractivity contribution >= 4 is 29.0 Å². The SMILES string of the molecule is COc1cc(OC)c(-c2cn3ccc(NC4C[C@@H]5CC[C@@H](C4)N5C(=O)OC(C)C)cc3n2)cc1Cl. The summed E-state index contributed by atoms with van der Waals surface area (Å²) in [6.45, 7) is 3.79. The topological polar surface area (TPSA) is 77.3 Å². The van der Waals surface area contributed by atoms with Gasteiger partial charge < -0.3 is 28.8 Å². The van der Waals surface area contributed by atoms with Crippen LogP contribution in [0.5, 0.6) is 11.5 Å². The van der Waals surface area contributed by atoms with Gasteiger partial charge in [-0.1, -0.05) is 11.6 Å². The lowest BCUT2D eigenvalue weighted by molar-refractivity contribution is 0.0483.